The quantitative estimate of drug-likeness (QED) is 0.697. The SMILES string of the molecule is CCN(CC)c1ccc(N=Nc2c(C#N)cc(C)cc2C#N)c(C)c1. The average molecular weight is 331 g/mol. The summed E-state index contributed by atoms with van der Waals surface area (Å²) in [5.41, 5.74) is 4.76. The van der Waals surface area contributed by atoms with Crippen molar-refractivity contribution in [2.45, 2.75) is 27.7 Å². The molecule has 0 N–H and O–H groups in total. The molecule has 0 radical (unpaired) electrons. The van der Waals surface area contributed by atoms with Gasteiger partial charge < -0.3 is 4.90 Å². The van der Waals surface area contributed by atoms with Crippen LogP contribution in [0.2, 0.25) is 0 Å². The first-order valence-electron chi connectivity index (χ1n) is 8.26. The van der Waals surface area contributed by atoms with Gasteiger partial charge in [-0.15, -0.1) is 5.11 Å². The van der Waals surface area contributed by atoms with Crippen molar-refractivity contribution in [2.24, 2.45) is 10.2 Å². The van der Waals surface area contributed by atoms with Crippen molar-refractivity contribution in [1.29, 1.82) is 10.5 Å². The maximum absolute atomic E-state index is 9.30. The highest BCUT2D eigenvalue weighted by Gasteiger charge is 2.10. The number of rotatable bonds is 5. The third-order valence-electron chi connectivity index (χ3n) is 4.06. The van der Waals surface area contributed by atoms with Crippen molar-refractivity contribution in [3.8, 4) is 12.1 Å². The first-order valence-corrected chi connectivity index (χ1v) is 8.26. The number of anilines is 1. The third-order valence-corrected chi connectivity index (χ3v) is 4.06. The zero-order valence-corrected chi connectivity index (χ0v) is 15.0. The van der Waals surface area contributed by atoms with Crippen LogP contribution in [0, 0.1) is 36.5 Å². The molecule has 126 valence electrons. The largest absolute Gasteiger partial charge is 0.372 e. The van der Waals surface area contributed by atoms with Crippen LogP contribution < -0.4 is 4.90 Å². The molecule has 0 spiro atoms. The Balaban J connectivity index is 2.41. The molecule has 0 aromatic heterocycles. The van der Waals surface area contributed by atoms with E-state index >= 15 is 0 Å². The van der Waals surface area contributed by atoms with Gasteiger partial charge in [0.2, 0.25) is 0 Å². The number of nitriles is 2. The first kappa shape index (κ1) is 18.2. The molecule has 0 bridgehead atoms. The summed E-state index contributed by atoms with van der Waals surface area (Å²) in [5, 5.41) is 27.1. The highest BCUT2D eigenvalue weighted by atomic mass is 15.1. The van der Waals surface area contributed by atoms with Gasteiger partial charge in [-0.3, -0.25) is 0 Å². The van der Waals surface area contributed by atoms with Gasteiger partial charge >= 0.3 is 0 Å². The topological polar surface area (TPSA) is 75.5 Å². The molecule has 0 saturated heterocycles. The predicted octanol–water partition coefficient (Wildman–Crippen LogP) is 5.31. The summed E-state index contributed by atoms with van der Waals surface area (Å²) in [5.74, 6) is 0. The molecule has 0 aliphatic rings. The van der Waals surface area contributed by atoms with Gasteiger partial charge in [0.15, 0.2) is 0 Å². The van der Waals surface area contributed by atoms with Gasteiger partial charge in [0.05, 0.1) is 16.8 Å². The molecular formula is C20H21N5. The van der Waals surface area contributed by atoms with Crippen LogP contribution in [-0.2, 0) is 0 Å². The predicted molar refractivity (Wildman–Crippen MR) is 99.5 cm³/mol. The summed E-state index contributed by atoms with van der Waals surface area (Å²) >= 11 is 0. The maximum Gasteiger partial charge on any atom is 0.121 e. The number of hydrogen-bond acceptors (Lipinski definition) is 5. The fraction of sp³-hybridized carbons (Fsp3) is 0.300. The highest BCUT2D eigenvalue weighted by molar-refractivity contribution is 5.64. The van der Waals surface area contributed by atoms with E-state index in [0.29, 0.717) is 16.8 Å². The van der Waals surface area contributed by atoms with Gasteiger partial charge in [0.25, 0.3) is 0 Å². The molecule has 0 unspecified atom stereocenters. The van der Waals surface area contributed by atoms with Gasteiger partial charge in [0.1, 0.15) is 17.8 Å². The summed E-state index contributed by atoms with van der Waals surface area (Å²) in [4.78, 5) is 2.26. The van der Waals surface area contributed by atoms with E-state index in [2.05, 4.69) is 47.2 Å². The Hall–Kier alpha value is -3.18. The summed E-state index contributed by atoms with van der Waals surface area (Å²) in [7, 11) is 0. The lowest BCUT2D eigenvalue weighted by atomic mass is 10.1. The lowest BCUT2D eigenvalue weighted by molar-refractivity contribution is 0.865. The molecule has 5 nitrogen and oxygen atoms in total. The Kier molecular flexibility index (Phi) is 5.87. The van der Waals surface area contributed by atoms with Crippen molar-refractivity contribution in [2.75, 3.05) is 18.0 Å². The number of aryl methyl sites for hydroxylation is 2. The Morgan fingerprint density at radius 2 is 1.52 bits per heavy atom. The Labute approximate surface area is 148 Å². The second-order valence-corrected chi connectivity index (χ2v) is 5.78. The third kappa shape index (κ3) is 4.02. The van der Waals surface area contributed by atoms with E-state index < -0.39 is 0 Å². The minimum Gasteiger partial charge on any atom is -0.372 e. The van der Waals surface area contributed by atoms with Crippen molar-refractivity contribution in [3.63, 3.8) is 0 Å². The fourth-order valence-electron chi connectivity index (χ4n) is 2.70. The van der Waals surface area contributed by atoms with Crippen LogP contribution in [0.4, 0.5) is 17.1 Å². The van der Waals surface area contributed by atoms with E-state index in [0.717, 1.165) is 35.6 Å². The minimum atomic E-state index is 0.322. The van der Waals surface area contributed by atoms with Crippen LogP contribution in [0.3, 0.4) is 0 Å². The smallest absolute Gasteiger partial charge is 0.121 e. The van der Waals surface area contributed by atoms with E-state index in [9.17, 15) is 10.5 Å². The van der Waals surface area contributed by atoms with Gasteiger partial charge in [-0.05, 0) is 69.2 Å². The lowest BCUT2D eigenvalue weighted by Gasteiger charge is -2.21. The van der Waals surface area contributed by atoms with E-state index in [4.69, 9.17) is 0 Å². The Morgan fingerprint density at radius 1 is 0.920 bits per heavy atom. The molecule has 2 aromatic rings. The summed E-state index contributed by atoms with van der Waals surface area (Å²) < 4.78 is 0. The van der Waals surface area contributed by atoms with Crippen LogP contribution in [0.5, 0.6) is 0 Å². The zero-order valence-electron chi connectivity index (χ0n) is 15.0. The zero-order chi connectivity index (χ0) is 18.4. The fourth-order valence-corrected chi connectivity index (χ4v) is 2.70. The van der Waals surface area contributed by atoms with Crippen molar-refractivity contribution in [1.82, 2.24) is 0 Å². The van der Waals surface area contributed by atoms with Crippen LogP contribution in [0.25, 0.3) is 0 Å². The molecule has 0 aliphatic carbocycles. The highest BCUT2D eigenvalue weighted by Crippen LogP contribution is 2.30. The standard InChI is InChI=1S/C20H21N5/c1-5-25(6-2)18-7-8-19(15(4)11-18)23-24-20-16(12-21)9-14(3)10-17(20)13-22/h7-11H,5-6H2,1-4H3. The average Bonchev–Trinajstić information content (AvgIpc) is 2.62. The van der Waals surface area contributed by atoms with Crippen molar-refractivity contribution >= 4 is 17.1 Å². The first-order chi connectivity index (χ1) is 12.0. The number of benzene rings is 2. The Bertz CT molecular complexity index is 845. The Morgan fingerprint density at radius 3 is 2.00 bits per heavy atom. The maximum atomic E-state index is 9.30. The van der Waals surface area contributed by atoms with Gasteiger partial charge in [-0.1, -0.05) is 0 Å². The molecule has 0 atom stereocenters. The molecule has 0 aliphatic heterocycles. The molecule has 0 fully saturated rings. The number of hydrogen-bond donors (Lipinski definition) is 0. The summed E-state index contributed by atoms with van der Waals surface area (Å²) in [6, 6.07) is 13.6. The van der Waals surface area contributed by atoms with Gasteiger partial charge in [-0.2, -0.15) is 15.6 Å². The van der Waals surface area contributed by atoms with Crippen LogP contribution >= 0.6 is 0 Å². The lowest BCUT2D eigenvalue weighted by Crippen LogP contribution is -2.21. The van der Waals surface area contributed by atoms with E-state index in [1.165, 1.54) is 0 Å². The molecule has 0 saturated carbocycles. The normalized spacial score (nSPS) is 10.5. The second kappa shape index (κ2) is 8.08. The molecule has 0 heterocycles. The van der Waals surface area contributed by atoms with Crippen molar-refractivity contribution < 1.29 is 0 Å². The van der Waals surface area contributed by atoms with Crippen molar-refractivity contribution in [3.05, 3.63) is 52.6 Å². The summed E-state index contributed by atoms with van der Waals surface area (Å²) in [6.07, 6.45) is 0. The molecule has 2 aromatic carbocycles. The number of azo groups is 1. The monoisotopic (exact) mass is 331 g/mol. The van der Waals surface area contributed by atoms with Crippen LogP contribution in [-0.4, -0.2) is 13.1 Å². The second-order valence-electron chi connectivity index (χ2n) is 5.78. The van der Waals surface area contributed by atoms with E-state index in [-0.39, 0.29) is 0 Å². The molecule has 0 amide bonds. The van der Waals surface area contributed by atoms with Gasteiger partial charge in [-0.25, -0.2) is 0 Å². The molecule has 25 heavy (non-hydrogen) atoms. The number of nitrogens with zero attached hydrogens (tertiary/aromatic N) is 5. The molecule has 5 heteroatoms. The van der Waals surface area contributed by atoms with Crippen LogP contribution in [0.1, 0.15) is 36.1 Å². The van der Waals surface area contributed by atoms with Crippen LogP contribution in [0.15, 0.2) is 40.6 Å². The molecular weight excluding hydrogens is 310 g/mol. The molecule has 2 rings (SSSR count). The summed E-state index contributed by atoms with van der Waals surface area (Å²) in [6.45, 7) is 9.95. The van der Waals surface area contributed by atoms with Gasteiger partial charge in [0, 0.05) is 18.8 Å². The van der Waals surface area contributed by atoms with E-state index in [1.807, 2.05) is 26.0 Å². The minimum absolute atomic E-state index is 0.322. The van der Waals surface area contributed by atoms with E-state index in [1.54, 1.807) is 12.1 Å².